The zero-order chi connectivity index (χ0) is 13.9. The number of aryl methyl sites for hydroxylation is 1. The van der Waals surface area contributed by atoms with E-state index in [1.165, 1.54) is 6.42 Å². The summed E-state index contributed by atoms with van der Waals surface area (Å²) in [5.41, 5.74) is 0. The number of nitrogens with zero attached hydrogens (tertiary/aromatic N) is 3. The molecule has 2 aliphatic rings. The van der Waals surface area contributed by atoms with Crippen LogP contribution in [0.25, 0.3) is 0 Å². The largest absolute Gasteiger partial charge is 0.373 e. The van der Waals surface area contributed by atoms with Crippen LogP contribution in [0.4, 0.5) is 0 Å². The predicted molar refractivity (Wildman–Crippen MR) is 73.5 cm³/mol. The van der Waals surface area contributed by atoms with Crippen LogP contribution in [0, 0.1) is 6.92 Å². The fourth-order valence-electron chi connectivity index (χ4n) is 2.89. The highest BCUT2D eigenvalue weighted by Gasteiger charge is 2.41. The summed E-state index contributed by atoms with van der Waals surface area (Å²) in [6.45, 7) is 2.53. The van der Waals surface area contributed by atoms with E-state index in [4.69, 9.17) is 9.26 Å². The zero-order valence-corrected chi connectivity index (χ0v) is 11.9. The number of guanidine groups is 1. The lowest BCUT2D eigenvalue weighted by molar-refractivity contribution is 0.0992. The van der Waals surface area contributed by atoms with Crippen LogP contribution >= 0.6 is 0 Å². The van der Waals surface area contributed by atoms with Gasteiger partial charge in [0, 0.05) is 20.0 Å². The number of aliphatic imine (C=N–C) groups is 1. The minimum absolute atomic E-state index is 0.345. The average Bonchev–Trinajstić information content (AvgIpc) is 3.14. The van der Waals surface area contributed by atoms with Crippen LogP contribution in [0.3, 0.4) is 0 Å². The van der Waals surface area contributed by atoms with Crippen molar-refractivity contribution < 1.29 is 9.26 Å². The fraction of sp³-hybridized carbons (Fsp3) is 0.769. The van der Waals surface area contributed by atoms with Crippen molar-refractivity contribution in [3.05, 3.63) is 11.7 Å². The molecule has 2 N–H and O–H groups in total. The molecule has 3 heterocycles. The topological polar surface area (TPSA) is 84.6 Å². The summed E-state index contributed by atoms with van der Waals surface area (Å²) in [6.07, 6.45) is 4.91. The summed E-state index contributed by atoms with van der Waals surface area (Å²) in [7, 11) is 1.78. The molecule has 0 saturated carbocycles. The van der Waals surface area contributed by atoms with Crippen molar-refractivity contribution in [2.45, 2.75) is 50.9 Å². The third-order valence-electron chi connectivity index (χ3n) is 3.85. The first-order valence-electron chi connectivity index (χ1n) is 7.16. The number of aromatic nitrogens is 2. The van der Waals surface area contributed by atoms with Crippen LogP contribution in [0.15, 0.2) is 9.52 Å². The normalized spacial score (nSPS) is 28.9. The Hall–Kier alpha value is -1.63. The molecule has 0 amide bonds. The molecule has 2 saturated heterocycles. The Morgan fingerprint density at radius 3 is 2.95 bits per heavy atom. The number of hydrogen-bond donors (Lipinski definition) is 2. The predicted octanol–water partition coefficient (Wildman–Crippen LogP) is 0.405. The molecule has 2 bridgehead atoms. The average molecular weight is 279 g/mol. The van der Waals surface area contributed by atoms with Gasteiger partial charge in [-0.05, 0) is 26.2 Å². The van der Waals surface area contributed by atoms with Gasteiger partial charge >= 0.3 is 0 Å². The van der Waals surface area contributed by atoms with E-state index >= 15 is 0 Å². The van der Waals surface area contributed by atoms with E-state index in [-0.39, 0.29) is 0 Å². The molecule has 2 aliphatic heterocycles. The van der Waals surface area contributed by atoms with Gasteiger partial charge in [-0.3, -0.25) is 4.99 Å². The van der Waals surface area contributed by atoms with Crippen molar-refractivity contribution in [3.8, 4) is 0 Å². The van der Waals surface area contributed by atoms with Gasteiger partial charge in [0.15, 0.2) is 11.8 Å². The maximum atomic E-state index is 5.83. The molecule has 0 aromatic carbocycles. The number of nitrogens with one attached hydrogen (secondary N) is 2. The first kappa shape index (κ1) is 13.4. The minimum Gasteiger partial charge on any atom is -0.373 e. The summed E-state index contributed by atoms with van der Waals surface area (Å²) in [5, 5.41) is 10.5. The second kappa shape index (κ2) is 5.78. The molecule has 3 unspecified atom stereocenters. The molecular weight excluding hydrogens is 258 g/mol. The molecule has 3 rings (SSSR count). The number of rotatable bonds is 4. The van der Waals surface area contributed by atoms with E-state index in [9.17, 15) is 0 Å². The second-order valence-electron chi connectivity index (χ2n) is 5.34. The molecule has 2 fully saturated rings. The van der Waals surface area contributed by atoms with Gasteiger partial charge < -0.3 is 19.9 Å². The van der Waals surface area contributed by atoms with Crippen LogP contribution in [0.2, 0.25) is 0 Å². The molecule has 7 heteroatoms. The quantitative estimate of drug-likeness (QED) is 0.613. The van der Waals surface area contributed by atoms with Crippen molar-refractivity contribution in [2.75, 3.05) is 13.6 Å². The molecular formula is C13H21N5O2. The number of fused-ring (bicyclic) bond motifs is 2. The maximum Gasteiger partial charge on any atom is 0.228 e. The third kappa shape index (κ3) is 2.92. The third-order valence-corrected chi connectivity index (χ3v) is 3.85. The highest BCUT2D eigenvalue weighted by atomic mass is 16.5. The maximum absolute atomic E-state index is 5.83. The smallest absolute Gasteiger partial charge is 0.228 e. The van der Waals surface area contributed by atoms with Crippen LogP contribution < -0.4 is 10.6 Å². The van der Waals surface area contributed by atoms with Crippen LogP contribution in [-0.4, -0.2) is 47.9 Å². The Balaban J connectivity index is 1.43. The Bertz CT molecular complexity index is 487. The fourth-order valence-corrected chi connectivity index (χ4v) is 2.89. The monoisotopic (exact) mass is 279 g/mol. The molecule has 110 valence electrons. The molecule has 1 aromatic rings. The highest BCUT2D eigenvalue weighted by Crippen LogP contribution is 2.34. The van der Waals surface area contributed by atoms with Gasteiger partial charge in [-0.2, -0.15) is 4.98 Å². The Labute approximate surface area is 118 Å². The SMILES string of the molecule is CN=C(NCCc1nc(C)no1)NC1CC2CCC1O2. The van der Waals surface area contributed by atoms with Gasteiger partial charge in [0.2, 0.25) is 5.89 Å². The number of hydrogen-bond acceptors (Lipinski definition) is 5. The second-order valence-corrected chi connectivity index (χ2v) is 5.34. The highest BCUT2D eigenvalue weighted by molar-refractivity contribution is 5.80. The molecule has 1 aromatic heterocycles. The summed E-state index contributed by atoms with van der Waals surface area (Å²) < 4.78 is 10.9. The molecule has 0 spiro atoms. The summed E-state index contributed by atoms with van der Waals surface area (Å²) >= 11 is 0. The van der Waals surface area contributed by atoms with Crippen LogP contribution in [0.5, 0.6) is 0 Å². The van der Waals surface area contributed by atoms with E-state index < -0.39 is 0 Å². The van der Waals surface area contributed by atoms with E-state index in [1.54, 1.807) is 7.05 Å². The van der Waals surface area contributed by atoms with Crippen LogP contribution in [0.1, 0.15) is 31.0 Å². The first-order chi connectivity index (χ1) is 9.74. The minimum atomic E-state index is 0.345. The summed E-state index contributed by atoms with van der Waals surface area (Å²) in [4.78, 5) is 8.41. The van der Waals surface area contributed by atoms with Crippen molar-refractivity contribution >= 4 is 5.96 Å². The Morgan fingerprint density at radius 2 is 2.35 bits per heavy atom. The number of ether oxygens (including phenoxy) is 1. The van der Waals surface area contributed by atoms with Crippen LogP contribution in [-0.2, 0) is 11.2 Å². The van der Waals surface area contributed by atoms with Gasteiger partial charge in [-0.25, -0.2) is 0 Å². The van der Waals surface area contributed by atoms with E-state index in [1.807, 2.05) is 6.92 Å². The van der Waals surface area contributed by atoms with Crippen molar-refractivity contribution in [1.29, 1.82) is 0 Å². The molecule has 20 heavy (non-hydrogen) atoms. The van der Waals surface area contributed by atoms with Gasteiger partial charge in [0.05, 0.1) is 18.2 Å². The lowest BCUT2D eigenvalue weighted by atomic mass is 9.96. The molecule has 0 radical (unpaired) electrons. The van der Waals surface area contributed by atoms with Gasteiger partial charge in [0.25, 0.3) is 0 Å². The molecule has 0 aliphatic carbocycles. The zero-order valence-electron chi connectivity index (χ0n) is 11.9. The summed E-state index contributed by atoms with van der Waals surface area (Å²) in [6, 6.07) is 0.380. The van der Waals surface area contributed by atoms with Crippen molar-refractivity contribution in [1.82, 2.24) is 20.8 Å². The lowest BCUT2D eigenvalue weighted by Gasteiger charge is -2.22. The van der Waals surface area contributed by atoms with Crippen molar-refractivity contribution in [3.63, 3.8) is 0 Å². The van der Waals surface area contributed by atoms with Gasteiger partial charge in [0.1, 0.15) is 0 Å². The Kier molecular flexibility index (Phi) is 3.86. The lowest BCUT2D eigenvalue weighted by Crippen LogP contribution is -2.47. The molecule has 7 nitrogen and oxygen atoms in total. The van der Waals surface area contributed by atoms with E-state index in [2.05, 4.69) is 25.8 Å². The summed E-state index contributed by atoms with van der Waals surface area (Å²) in [5.74, 6) is 2.12. The standard InChI is InChI=1S/C13H21N5O2/c1-8-16-12(20-18-8)5-6-15-13(14-2)17-10-7-9-3-4-11(10)19-9/h9-11H,3-7H2,1-2H3,(H2,14,15,17). The Morgan fingerprint density at radius 1 is 1.45 bits per heavy atom. The van der Waals surface area contributed by atoms with Crippen molar-refractivity contribution in [2.24, 2.45) is 4.99 Å². The first-order valence-corrected chi connectivity index (χ1v) is 7.16. The molecule has 3 atom stereocenters. The van der Waals surface area contributed by atoms with E-state index in [0.29, 0.717) is 42.9 Å². The van der Waals surface area contributed by atoms with Gasteiger partial charge in [-0.1, -0.05) is 5.16 Å². The van der Waals surface area contributed by atoms with E-state index in [0.717, 1.165) is 18.8 Å². The van der Waals surface area contributed by atoms with Gasteiger partial charge in [-0.15, -0.1) is 0 Å².